The summed E-state index contributed by atoms with van der Waals surface area (Å²) in [4.78, 5) is 8.46. The lowest BCUT2D eigenvalue weighted by molar-refractivity contribution is 0.452. The van der Waals surface area contributed by atoms with Crippen molar-refractivity contribution in [3.8, 4) is 11.5 Å². The Morgan fingerprint density at radius 2 is 1.95 bits per heavy atom. The predicted octanol–water partition coefficient (Wildman–Crippen LogP) is 2.09. The first-order chi connectivity index (χ1) is 9.28. The van der Waals surface area contributed by atoms with Gasteiger partial charge in [-0.2, -0.15) is 0 Å². The highest BCUT2D eigenvalue weighted by atomic mass is 16.4. The Hall–Kier alpha value is -2.34. The molecule has 0 saturated carbocycles. The normalized spacial score (nSPS) is 12.7. The van der Waals surface area contributed by atoms with E-state index in [0.717, 1.165) is 23.0 Å². The number of hydrogen-bond acceptors (Lipinski definition) is 6. The summed E-state index contributed by atoms with van der Waals surface area (Å²) in [5, 5.41) is 7.98. The van der Waals surface area contributed by atoms with Crippen LogP contribution in [0.5, 0.6) is 0 Å². The minimum absolute atomic E-state index is 0.221. The summed E-state index contributed by atoms with van der Waals surface area (Å²) in [5.74, 6) is 0.906. The summed E-state index contributed by atoms with van der Waals surface area (Å²) in [7, 11) is 0. The zero-order valence-corrected chi connectivity index (χ0v) is 10.4. The third-order valence-corrected chi connectivity index (χ3v) is 2.91. The number of nitrogens with two attached hydrogens (primary N) is 1. The maximum atomic E-state index is 5.86. The molecular weight excluding hydrogens is 242 g/mol. The quantitative estimate of drug-likeness (QED) is 0.770. The molecule has 1 aromatic carbocycles. The summed E-state index contributed by atoms with van der Waals surface area (Å²) < 4.78 is 5.58. The van der Waals surface area contributed by atoms with Crippen molar-refractivity contribution in [3.63, 3.8) is 0 Å². The molecule has 96 valence electrons. The summed E-state index contributed by atoms with van der Waals surface area (Å²) >= 11 is 0. The van der Waals surface area contributed by atoms with Crippen molar-refractivity contribution < 1.29 is 4.42 Å². The number of nitrogens with zero attached hydrogens (tertiary/aromatic N) is 4. The van der Waals surface area contributed by atoms with Gasteiger partial charge in [0.1, 0.15) is 0 Å². The van der Waals surface area contributed by atoms with Crippen LogP contribution in [-0.4, -0.2) is 20.2 Å². The molecule has 0 bridgehead atoms. The Morgan fingerprint density at radius 1 is 1.16 bits per heavy atom. The van der Waals surface area contributed by atoms with Crippen molar-refractivity contribution in [1.29, 1.82) is 0 Å². The molecule has 6 nitrogen and oxygen atoms in total. The van der Waals surface area contributed by atoms with Gasteiger partial charge in [0.15, 0.2) is 0 Å². The van der Waals surface area contributed by atoms with Crippen LogP contribution in [0.15, 0.2) is 35.0 Å². The molecule has 0 aliphatic rings. The van der Waals surface area contributed by atoms with Gasteiger partial charge < -0.3 is 10.2 Å². The third kappa shape index (κ3) is 2.17. The number of rotatable bonds is 3. The second kappa shape index (κ2) is 4.74. The van der Waals surface area contributed by atoms with Gasteiger partial charge in [-0.05, 0) is 24.6 Å². The Balaban J connectivity index is 2.01. The smallest absolute Gasteiger partial charge is 0.247 e. The average molecular weight is 255 g/mol. The monoisotopic (exact) mass is 255 g/mol. The minimum atomic E-state index is -0.221. The van der Waals surface area contributed by atoms with E-state index < -0.39 is 0 Å². The Bertz CT molecular complexity index is 709. The Kier molecular flexibility index (Phi) is 2.92. The van der Waals surface area contributed by atoms with Crippen molar-refractivity contribution >= 4 is 11.0 Å². The zero-order valence-electron chi connectivity index (χ0n) is 10.4. The molecule has 0 radical (unpaired) electrons. The van der Waals surface area contributed by atoms with Crippen LogP contribution in [0.4, 0.5) is 0 Å². The van der Waals surface area contributed by atoms with Crippen LogP contribution in [-0.2, 0) is 0 Å². The largest absolute Gasteiger partial charge is 0.419 e. The van der Waals surface area contributed by atoms with Crippen LogP contribution in [0.25, 0.3) is 22.5 Å². The van der Waals surface area contributed by atoms with Crippen molar-refractivity contribution in [1.82, 2.24) is 20.2 Å². The maximum Gasteiger partial charge on any atom is 0.247 e. The van der Waals surface area contributed by atoms with Crippen molar-refractivity contribution in [3.05, 3.63) is 36.5 Å². The second-order valence-electron chi connectivity index (χ2n) is 4.22. The van der Waals surface area contributed by atoms with Gasteiger partial charge >= 0.3 is 0 Å². The van der Waals surface area contributed by atoms with Gasteiger partial charge in [-0.25, -0.2) is 0 Å². The molecule has 0 aliphatic carbocycles. The van der Waals surface area contributed by atoms with E-state index in [1.54, 1.807) is 12.4 Å². The van der Waals surface area contributed by atoms with Gasteiger partial charge in [-0.1, -0.05) is 6.92 Å². The SMILES string of the molecule is CCC(N)c1nnc(-c2ccc3nccnc3c2)o1. The first-order valence-electron chi connectivity index (χ1n) is 6.08. The molecule has 0 amide bonds. The first-order valence-corrected chi connectivity index (χ1v) is 6.08. The van der Waals surface area contributed by atoms with Crippen LogP contribution >= 0.6 is 0 Å². The molecule has 1 atom stereocenters. The van der Waals surface area contributed by atoms with Crippen LogP contribution < -0.4 is 5.73 Å². The molecule has 19 heavy (non-hydrogen) atoms. The van der Waals surface area contributed by atoms with Gasteiger partial charge in [-0.15, -0.1) is 10.2 Å². The molecule has 2 heterocycles. The molecule has 0 fully saturated rings. The molecular formula is C13H13N5O. The lowest BCUT2D eigenvalue weighted by Gasteiger charge is -2.01. The lowest BCUT2D eigenvalue weighted by atomic mass is 10.2. The van der Waals surface area contributed by atoms with E-state index in [9.17, 15) is 0 Å². The molecule has 3 rings (SSSR count). The van der Waals surface area contributed by atoms with E-state index in [-0.39, 0.29) is 6.04 Å². The van der Waals surface area contributed by atoms with E-state index in [1.165, 1.54) is 0 Å². The second-order valence-corrected chi connectivity index (χ2v) is 4.22. The fourth-order valence-electron chi connectivity index (χ4n) is 1.77. The predicted molar refractivity (Wildman–Crippen MR) is 70.0 cm³/mol. The zero-order chi connectivity index (χ0) is 13.2. The summed E-state index contributed by atoms with van der Waals surface area (Å²) in [6.07, 6.45) is 4.07. The third-order valence-electron chi connectivity index (χ3n) is 2.91. The number of aromatic nitrogens is 4. The van der Waals surface area contributed by atoms with Crippen LogP contribution in [0.1, 0.15) is 25.3 Å². The fourth-order valence-corrected chi connectivity index (χ4v) is 1.77. The average Bonchev–Trinajstić information content (AvgIpc) is 2.95. The molecule has 0 aliphatic heterocycles. The van der Waals surface area contributed by atoms with Gasteiger partial charge in [-0.3, -0.25) is 9.97 Å². The van der Waals surface area contributed by atoms with E-state index in [2.05, 4.69) is 20.2 Å². The highest BCUT2D eigenvalue weighted by molar-refractivity contribution is 5.78. The summed E-state index contributed by atoms with van der Waals surface area (Å²) in [5.41, 5.74) is 8.29. The number of benzene rings is 1. The molecule has 2 aromatic heterocycles. The number of hydrogen-bond donors (Lipinski definition) is 1. The van der Waals surface area contributed by atoms with Crippen LogP contribution in [0.2, 0.25) is 0 Å². The fraction of sp³-hybridized carbons (Fsp3) is 0.231. The highest BCUT2D eigenvalue weighted by Gasteiger charge is 2.14. The molecule has 0 spiro atoms. The van der Waals surface area contributed by atoms with Crippen molar-refractivity contribution in [2.75, 3.05) is 0 Å². The van der Waals surface area contributed by atoms with E-state index in [4.69, 9.17) is 10.2 Å². The highest BCUT2D eigenvalue weighted by Crippen LogP contribution is 2.23. The van der Waals surface area contributed by atoms with Crippen LogP contribution in [0.3, 0.4) is 0 Å². The van der Waals surface area contributed by atoms with E-state index in [0.29, 0.717) is 11.8 Å². The summed E-state index contributed by atoms with van der Waals surface area (Å²) in [6, 6.07) is 5.41. The van der Waals surface area contributed by atoms with E-state index >= 15 is 0 Å². The Morgan fingerprint density at radius 3 is 2.74 bits per heavy atom. The molecule has 3 aromatic rings. The van der Waals surface area contributed by atoms with Gasteiger partial charge in [0, 0.05) is 18.0 Å². The Labute approximate surface area is 109 Å². The molecule has 6 heteroatoms. The van der Waals surface area contributed by atoms with Crippen molar-refractivity contribution in [2.24, 2.45) is 5.73 Å². The maximum absolute atomic E-state index is 5.86. The number of fused-ring (bicyclic) bond motifs is 1. The lowest BCUT2D eigenvalue weighted by Crippen LogP contribution is -2.08. The van der Waals surface area contributed by atoms with Gasteiger partial charge in [0.2, 0.25) is 11.8 Å². The van der Waals surface area contributed by atoms with Gasteiger partial charge in [0.05, 0.1) is 17.1 Å². The molecule has 1 unspecified atom stereocenters. The first kappa shape index (κ1) is 11.7. The summed E-state index contributed by atoms with van der Waals surface area (Å²) in [6.45, 7) is 1.97. The van der Waals surface area contributed by atoms with Crippen LogP contribution in [0, 0.1) is 0 Å². The standard InChI is InChI=1S/C13H13N5O/c1-2-9(14)13-18-17-12(19-13)8-3-4-10-11(7-8)16-6-5-15-10/h3-7,9H,2,14H2,1H3. The van der Waals surface area contributed by atoms with Gasteiger partial charge in [0.25, 0.3) is 0 Å². The minimum Gasteiger partial charge on any atom is -0.419 e. The molecule has 2 N–H and O–H groups in total. The molecule has 0 saturated heterocycles. The van der Waals surface area contributed by atoms with E-state index in [1.807, 2.05) is 25.1 Å². The van der Waals surface area contributed by atoms with Crippen molar-refractivity contribution in [2.45, 2.75) is 19.4 Å². The topological polar surface area (TPSA) is 90.7 Å².